The van der Waals surface area contributed by atoms with E-state index in [0.717, 1.165) is 11.0 Å². The molecule has 0 unspecified atom stereocenters. The van der Waals surface area contributed by atoms with E-state index >= 15 is 0 Å². The monoisotopic (exact) mass is 380 g/mol. The zero-order chi connectivity index (χ0) is 21.8. The molecule has 3 rings (SSSR count). The van der Waals surface area contributed by atoms with Crippen LogP contribution < -0.4 is 0 Å². The molecule has 0 amide bonds. The van der Waals surface area contributed by atoms with Crippen molar-refractivity contribution in [1.29, 1.82) is 0 Å². The number of carbonyl (C=O) groups excluding carboxylic acids is 1. The first-order valence-electron chi connectivity index (χ1n) is 10.1. The quantitative estimate of drug-likeness (QED) is 0.337. The highest BCUT2D eigenvalue weighted by atomic mass is 16.3. The third kappa shape index (κ3) is 9.72. The van der Waals surface area contributed by atoms with E-state index in [4.69, 9.17) is 4.42 Å². The fourth-order valence-corrected chi connectivity index (χ4v) is 1.96. The summed E-state index contributed by atoms with van der Waals surface area (Å²) in [7, 11) is 0. The molecule has 1 aromatic heterocycles. The number of rotatable bonds is 3. The van der Waals surface area contributed by atoms with E-state index in [0.29, 0.717) is 11.3 Å². The van der Waals surface area contributed by atoms with Crippen molar-refractivity contribution in [3.63, 3.8) is 0 Å². The van der Waals surface area contributed by atoms with E-state index in [1.54, 1.807) is 24.3 Å². The Labute approximate surface area is 171 Å². The summed E-state index contributed by atoms with van der Waals surface area (Å²) in [5.74, 6) is 0.305. The summed E-state index contributed by atoms with van der Waals surface area (Å²) in [5.41, 5.74) is 1.39. The zero-order valence-corrected chi connectivity index (χ0v) is 18.5. The van der Waals surface area contributed by atoms with Gasteiger partial charge in [-0.3, -0.25) is 4.79 Å². The SMILES string of the molecule is C=C/C=C\C.CC.CC.CC.O=C(c1ccccc1)c1cc2ccccc2o1. The molecule has 2 aromatic carbocycles. The predicted octanol–water partition coefficient (Wildman–Crippen LogP) is 8.49. The van der Waals surface area contributed by atoms with Crippen molar-refractivity contribution >= 4 is 16.8 Å². The molecule has 0 aliphatic carbocycles. The van der Waals surface area contributed by atoms with Crippen molar-refractivity contribution in [2.45, 2.75) is 48.5 Å². The smallest absolute Gasteiger partial charge is 0.228 e. The lowest BCUT2D eigenvalue weighted by Crippen LogP contribution is -1.98. The molecule has 0 N–H and O–H groups in total. The van der Waals surface area contributed by atoms with Gasteiger partial charge in [-0.25, -0.2) is 0 Å². The van der Waals surface area contributed by atoms with Gasteiger partial charge in [0.15, 0.2) is 5.76 Å². The summed E-state index contributed by atoms with van der Waals surface area (Å²) in [6.45, 7) is 17.4. The fourth-order valence-electron chi connectivity index (χ4n) is 1.96. The first-order valence-corrected chi connectivity index (χ1v) is 10.1. The Bertz CT molecular complexity index is 747. The third-order valence-electron chi connectivity index (χ3n) is 3.01. The van der Waals surface area contributed by atoms with Gasteiger partial charge in [0.2, 0.25) is 5.78 Å². The van der Waals surface area contributed by atoms with E-state index in [2.05, 4.69) is 6.58 Å². The molecule has 0 saturated carbocycles. The molecule has 0 atom stereocenters. The van der Waals surface area contributed by atoms with Gasteiger partial charge in [0, 0.05) is 10.9 Å². The number of benzene rings is 2. The fraction of sp³-hybridized carbons (Fsp3) is 0.269. The maximum atomic E-state index is 12.1. The van der Waals surface area contributed by atoms with Crippen molar-refractivity contribution in [1.82, 2.24) is 0 Å². The summed E-state index contributed by atoms with van der Waals surface area (Å²) in [5, 5.41) is 0.951. The van der Waals surface area contributed by atoms with Crippen LogP contribution in [-0.4, -0.2) is 5.78 Å². The van der Waals surface area contributed by atoms with E-state index in [1.165, 1.54) is 0 Å². The third-order valence-corrected chi connectivity index (χ3v) is 3.01. The van der Waals surface area contributed by atoms with Crippen LogP contribution in [0, 0.1) is 0 Å². The highest BCUT2D eigenvalue weighted by molar-refractivity contribution is 6.08. The van der Waals surface area contributed by atoms with Crippen LogP contribution in [-0.2, 0) is 0 Å². The first-order chi connectivity index (χ1) is 13.8. The van der Waals surface area contributed by atoms with Crippen LogP contribution in [0.5, 0.6) is 0 Å². The van der Waals surface area contributed by atoms with Crippen LogP contribution in [0.3, 0.4) is 0 Å². The summed E-state index contributed by atoms with van der Waals surface area (Å²) in [4.78, 5) is 12.1. The molecule has 28 heavy (non-hydrogen) atoms. The molecule has 0 saturated heterocycles. The van der Waals surface area contributed by atoms with Crippen LogP contribution in [0.4, 0.5) is 0 Å². The summed E-state index contributed by atoms with van der Waals surface area (Å²) in [6.07, 6.45) is 5.58. The summed E-state index contributed by atoms with van der Waals surface area (Å²) < 4.78 is 5.53. The number of carbonyl (C=O) groups is 1. The number of allylic oxidation sites excluding steroid dienone is 3. The molecule has 2 nitrogen and oxygen atoms in total. The van der Waals surface area contributed by atoms with E-state index in [-0.39, 0.29) is 5.78 Å². The molecular weight excluding hydrogens is 344 g/mol. The molecule has 1 heterocycles. The van der Waals surface area contributed by atoms with Crippen molar-refractivity contribution in [2.75, 3.05) is 0 Å². The van der Waals surface area contributed by atoms with Crippen molar-refractivity contribution < 1.29 is 9.21 Å². The number of furan rings is 1. The van der Waals surface area contributed by atoms with Gasteiger partial charge in [0.05, 0.1) is 0 Å². The second-order valence-electron chi connectivity index (χ2n) is 4.61. The minimum Gasteiger partial charge on any atom is -0.453 e. The highest BCUT2D eigenvalue weighted by Crippen LogP contribution is 2.21. The topological polar surface area (TPSA) is 30.2 Å². The Kier molecular flexibility index (Phi) is 18.5. The molecule has 152 valence electrons. The van der Waals surface area contributed by atoms with Gasteiger partial charge in [-0.1, -0.05) is 115 Å². The minimum absolute atomic E-state index is 0.0817. The Balaban J connectivity index is 0. The predicted molar refractivity (Wildman–Crippen MR) is 125 cm³/mol. The van der Waals surface area contributed by atoms with Crippen molar-refractivity contribution in [3.8, 4) is 0 Å². The Hall–Kier alpha value is -2.87. The van der Waals surface area contributed by atoms with Crippen LogP contribution >= 0.6 is 0 Å². The van der Waals surface area contributed by atoms with Gasteiger partial charge >= 0.3 is 0 Å². The van der Waals surface area contributed by atoms with E-state index in [9.17, 15) is 4.79 Å². The number of fused-ring (bicyclic) bond motifs is 1. The molecule has 0 spiro atoms. The van der Waals surface area contributed by atoms with Gasteiger partial charge in [-0.2, -0.15) is 0 Å². The lowest BCUT2D eigenvalue weighted by Gasteiger charge is -1.95. The number of ketones is 1. The normalized spacial score (nSPS) is 8.68. The second kappa shape index (κ2) is 18.9. The molecular formula is C26H36O2. The summed E-state index contributed by atoms with van der Waals surface area (Å²) in [6, 6.07) is 18.5. The average molecular weight is 381 g/mol. The molecule has 2 heteroatoms. The molecule has 0 aliphatic rings. The van der Waals surface area contributed by atoms with Gasteiger partial charge in [0.25, 0.3) is 0 Å². The maximum absolute atomic E-state index is 12.1. The second-order valence-corrected chi connectivity index (χ2v) is 4.61. The Morgan fingerprint density at radius 3 is 1.86 bits per heavy atom. The summed E-state index contributed by atoms with van der Waals surface area (Å²) >= 11 is 0. The number of hydrogen-bond donors (Lipinski definition) is 0. The number of hydrogen-bond acceptors (Lipinski definition) is 2. The van der Waals surface area contributed by atoms with E-state index < -0.39 is 0 Å². The lowest BCUT2D eigenvalue weighted by atomic mass is 10.1. The Morgan fingerprint density at radius 2 is 1.39 bits per heavy atom. The largest absolute Gasteiger partial charge is 0.453 e. The van der Waals surface area contributed by atoms with E-state index in [1.807, 2.05) is 103 Å². The molecule has 0 radical (unpaired) electrons. The van der Waals surface area contributed by atoms with Gasteiger partial charge in [-0.05, 0) is 19.1 Å². The Morgan fingerprint density at radius 1 is 0.857 bits per heavy atom. The van der Waals surface area contributed by atoms with Gasteiger partial charge < -0.3 is 4.42 Å². The molecule has 0 fully saturated rings. The molecule has 3 aromatic rings. The number of para-hydroxylation sites is 1. The standard InChI is InChI=1S/C15H10O2.C5H8.3C2H6/c16-15(11-6-2-1-3-7-11)14-10-12-8-4-5-9-13(12)17-14;1-3-5-4-2;3*1-2/h1-10H;3-5H,1H2,2H3;3*1-2H3/b;5-4-;;;. The van der Waals surface area contributed by atoms with Crippen LogP contribution in [0.1, 0.15) is 64.6 Å². The van der Waals surface area contributed by atoms with Crippen LogP contribution in [0.25, 0.3) is 11.0 Å². The van der Waals surface area contributed by atoms with Gasteiger partial charge in [0.1, 0.15) is 5.58 Å². The average Bonchev–Trinajstić information content (AvgIpc) is 3.23. The molecule has 0 bridgehead atoms. The van der Waals surface area contributed by atoms with Crippen LogP contribution in [0.15, 0.2) is 89.9 Å². The zero-order valence-electron chi connectivity index (χ0n) is 18.5. The van der Waals surface area contributed by atoms with Gasteiger partial charge in [-0.15, -0.1) is 0 Å². The highest BCUT2D eigenvalue weighted by Gasteiger charge is 2.13. The van der Waals surface area contributed by atoms with Crippen molar-refractivity contribution in [3.05, 3.63) is 96.8 Å². The first kappa shape index (κ1) is 27.3. The van der Waals surface area contributed by atoms with Crippen LogP contribution in [0.2, 0.25) is 0 Å². The van der Waals surface area contributed by atoms with Crippen molar-refractivity contribution in [2.24, 2.45) is 0 Å². The lowest BCUT2D eigenvalue weighted by molar-refractivity contribution is 0.101. The maximum Gasteiger partial charge on any atom is 0.228 e. The minimum atomic E-state index is -0.0817. The molecule has 0 aliphatic heterocycles.